The van der Waals surface area contributed by atoms with Crippen LogP contribution in [-0.4, -0.2) is 19.2 Å². The highest BCUT2D eigenvalue weighted by Gasteiger charge is 2.25. The number of allylic oxidation sites excluding steroid dienone is 3. The Balaban J connectivity index is 2.09. The van der Waals surface area contributed by atoms with Gasteiger partial charge in [0.25, 0.3) is 0 Å². The molecule has 1 unspecified atom stereocenters. The smallest absolute Gasteiger partial charge is 0.316 e. The van der Waals surface area contributed by atoms with Gasteiger partial charge in [0.1, 0.15) is 5.76 Å². The maximum Gasteiger partial charge on any atom is 0.316 e. The van der Waals surface area contributed by atoms with Crippen LogP contribution < -0.4 is 0 Å². The predicted molar refractivity (Wildman–Crippen MR) is 65.2 cm³/mol. The van der Waals surface area contributed by atoms with Gasteiger partial charge in [-0.3, -0.25) is 4.79 Å². The number of carbonyl (C=O) groups excluding carboxylic acids is 1. The van der Waals surface area contributed by atoms with Gasteiger partial charge in [-0.15, -0.1) is 0 Å². The number of ether oxygens (including phenoxy) is 2. The maximum absolute atomic E-state index is 11.7. The summed E-state index contributed by atoms with van der Waals surface area (Å²) in [5.41, 5.74) is 0.760. The Morgan fingerprint density at radius 3 is 2.88 bits per heavy atom. The minimum absolute atomic E-state index is 0.213. The molecule has 3 nitrogen and oxygen atoms in total. The molecule has 1 fully saturated rings. The fraction of sp³-hybridized carbons (Fsp3) is 0.500. The second kappa shape index (κ2) is 4.49. The van der Waals surface area contributed by atoms with Gasteiger partial charge in [0.15, 0.2) is 0 Å². The summed E-state index contributed by atoms with van der Waals surface area (Å²) in [6, 6.07) is 0. The number of rotatable bonds is 1. The lowest BCUT2D eigenvalue weighted by Gasteiger charge is -2.16. The second-order valence-corrected chi connectivity index (χ2v) is 5.43. The highest BCUT2D eigenvalue weighted by atomic mass is 16.5. The summed E-state index contributed by atoms with van der Waals surface area (Å²) in [5.74, 6) is 0.721. The molecule has 0 N–H and O–H groups in total. The van der Waals surface area contributed by atoms with Crippen molar-refractivity contribution < 1.29 is 14.3 Å². The molecule has 0 radical (unpaired) electrons. The Labute approximate surface area is 102 Å². The molecule has 0 spiro atoms. The van der Waals surface area contributed by atoms with Crippen molar-refractivity contribution >= 4 is 5.97 Å². The Morgan fingerprint density at radius 2 is 2.18 bits per heavy atom. The normalized spacial score (nSPS) is 23.6. The van der Waals surface area contributed by atoms with Gasteiger partial charge < -0.3 is 9.47 Å². The summed E-state index contributed by atoms with van der Waals surface area (Å²) < 4.78 is 10.7. The number of hydrogen-bond acceptors (Lipinski definition) is 3. The predicted octanol–water partition coefficient (Wildman–Crippen LogP) is 2.60. The molecule has 0 aromatic heterocycles. The molecular weight excluding hydrogens is 216 g/mol. The first kappa shape index (κ1) is 12.1. The van der Waals surface area contributed by atoms with Crippen LogP contribution in [0.3, 0.4) is 0 Å². The summed E-state index contributed by atoms with van der Waals surface area (Å²) >= 11 is 0. The summed E-state index contributed by atoms with van der Waals surface area (Å²) in [6.07, 6.45) is 7.72. The lowest BCUT2D eigenvalue weighted by molar-refractivity contribution is -0.147. The van der Waals surface area contributed by atoms with Crippen LogP contribution in [0.25, 0.3) is 0 Å². The van der Waals surface area contributed by atoms with Crippen molar-refractivity contribution in [2.75, 3.05) is 13.2 Å². The molecule has 2 rings (SSSR count). The Kier molecular flexibility index (Phi) is 3.20. The van der Waals surface area contributed by atoms with Crippen LogP contribution in [0, 0.1) is 11.3 Å². The zero-order chi connectivity index (χ0) is 12.5. The van der Waals surface area contributed by atoms with Crippen LogP contribution in [0.2, 0.25) is 0 Å². The van der Waals surface area contributed by atoms with Crippen molar-refractivity contribution in [3.8, 4) is 0 Å². The van der Waals surface area contributed by atoms with Gasteiger partial charge in [0, 0.05) is 5.92 Å². The number of hydrogen-bond donors (Lipinski definition) is 0. The van der Waals surface area contributed by atoms with Crippen molar-refractivity contribution in [3.05, 3.63) is 35.6 Å². The van der Waals surface area contributed by atoms with Crippen LogP contribution in [0.15, 0.2) is 35.6 Å². The average Bonchev–Trinajstić information content (AvgIpc) is 2.60. The molecule has 17 heavy (non-hydrogen) atoms. The molecule has 92 valence electrons. The van der Waals surface area contributed by atoms with Crippen molar-refractivity contribution in [1.29, 1.82) is 0 Å². The van der Waals surface area contributed by atoms with E-state index in [4.69, 9.17) is 9.47 Å². The van der Waals surface area contributed by atoms with Crippen molar-refractivity contribution in [2.45, 2.75) is 20.8 Å². The van der Waals surface area contributed by atoms with E-state index in [0.717, 1.165) is 6.61 Å². The Bertz CT molecular complexity index is 408. The molecule has 0 amide bonds. The van der Waals surface area contributed by atoms with E-state index in [9.17, 15) is 4.79 Å². The van der Waals surface area contributed by atoms with E-state index in [-0.39, 0.29) is 5.97 Å². The average molecular weight is 234 g/mol. The van der Waals surface area contributed by atoms with E-state index in [1.165, 1.54) is 5.57 Å². The molecule has 0 bridgehead atoms. The van der Waals surface area contributed by atoms with Gasteiger partial charge in [-0.1, -0.05) is 12.2 Å². The lowest BCUT2D eigenvalue weighted by atomic mass is 9.97. The van der Waals surface area contributed by atoms with Gasteiger partial charge in [-0.05, 0) is 38.5 Å². The minimum atomic E-state index is -0.479. The summed E-state index contributed by atoms with van der Waals surface area (Å²) in [4.78, 5) is 11.7. The number of carbonyl (C=O) groups is 1. The van der Waals surface area contributed by atoms with Crippen molar-refractivity contribution in [2.24, 2.45) is 11.3 Å². The topological polar surface area (TPSA) is 35.5 Å². The van der Waals surface area contributed by atoms with Crippen molar-refractivity contribution in [1.82, 2.24) is 0 Å². The van der Waals surface area contributed by atoms with Gasteiger partial charge >= 0.3 is 5.97 Å². The highest BCUT2D eigenvalue weighted by molar-refractivity contribution is 5.76. The minimum Gasteiger partial charge on any atom is -0.426 e. The standard InChI is InChI=1S/C14H18O3/c1-14(2,3)13(15)17-12-6-4-10-8-16-9-11(10)5-7-12/h4-7,10H,8-9H2,1-3H3. The van der Waals surface area contributed by atoms with E-state index in [0.29, 0.717) is 18.3 Å². The molecule has 1 heterocycles. The lowest BCUT2D eigenvalue weighted by Crippen LogP contribution is -2.22. The first-order chi connectivity index (χ1) is 7.97. The molecule has 1 saturated heterocycles. The molecule has 3 heteroatoms. The summed E-state index contributed by atoms with van der Waals surface area (Å²) in [6.45, 7) is 6.93. The molecule has 1 aliphatic heterocycles. The van der Waals surface area contributed by atoms with Crippen LogP contribution >= 0.6 is 0 Å². The zero-order valence-corrected chi connectivity index (χ0v) is 10.5. The van der Waals surface area contributed by atoms with Crippen LogP contribution in [0.1, 0.15) is 20.8 Å². The van der Waals surface area contributed by atoms with Gasteiger partial charge in [0.2, 0.25) is 0 Å². The fourth-order valence-electron chi connectivity index (χ4n) is 1.65. The molecule has 0 aromatic carbocycles. The van der Waals surface area contributed by atoms with E-state index in [2.05, 4.69) is 0 Å². The zero-order valence-electron chi connectivity index (χ0n) is 10.5. The summed E-state index contributed by atoms with van der Waals surface area (Å²) in [7, 11) is 0. The van der Waals surface area contributed by atoms with Crippen molar-refractivity contribution in [3.63, 3.8) is 0 Å². The van der Waals surface area contributed by atoms with E-state index in [1.807, 2.05) is 45.1 Å². The van der Waals surface area contributed by atoms with E-state index < -0.39 is 5.41 Å². The monoisotopic (exact) mass is 234 g/mol. The molecule has 2 aliphatic rings. The molecule has 0 saturated carbocycles. The first-order valence-electron chi connectivity index (χ1n) is 5.86. The fourth-order valence-corrected chi connectivity index (χ4v) is 1.65. The third kappa shape index (κ3) is 2.86. The Morgan fingerprint density at radius 1 is 1.41 bits per heavy atom. The first-order valence-corrected chi connectivity index (χ1v) is 5.86. The molecule has 1 atom stereocenters. The molecule has 1 aliphatic carbocycles. The van der Waals surface area contributed by atoms with Crippen LogP contribution in [0.5, 0.6) is 0 Å². The highest BCUT2D eigenvalue weighted by Crippen LogP contribution is 2.25. The Hall–Kier alpha value is -1.35. The van der Waals surface area contributed by atoms with Gasteiger partial charge in [-0.2, -0.15) is 0 Å². The largest absolute Gasteiger partial charge is 0.426 e. The third-order valence-electron chi connectivity index (χ3n) is 2.82. The third-order valence-corrected chi connectivity index (χ3v) is 2.82. The number of fused-ring (bicyclic) bond motifs is 1. The van der Waals surface area contributed by atoms with E-state index in [1.54, 1.807) is 0 Å². The van der Waals surface area contributed by atoms with E-state index >= 15 is 0 Å². The van der Waals surface area contributed by atoms with Crippen LogP contribution in [-0.2, 0) is 14.3 Å². The number of esters is 1. The van der Waals surface area contributed by atoms with Gasteiger partial charge in [0.05, 0.1) is 18.6 Å². The maximum atomic E-state index is 11.7. The van der Waals surface area contributed by atoms with Gasteiger partial charge in [-0.25, -0.2) is 0 Å². The summed E-state index contributed by atoms with van der Waals surface area (Å²) in [5, 5.41) is 0. The van der Waals surface area contributed by atoms with Crippen LogP contribution in [0.4, 0.5) is 0 Å². The quantitative estimate of drug-likeness (QED) is 0.654. The SMILES string of the molecule is CC(C)(C)C(=O)OC1=CC=C2COCC2C=C1. The molecular formula is C14H18O3. The molecule has 0 aromatic rings. The second-order valence-electron chi connectivity index (χ2n) is 5.43.